The van der Waals surface area contributed by atoms with Crippen LogP contribution in [-0.4, -0.2) is 18.9 Å². The van der Waals surface area contributed by atoms with Gasteiger partial charge >= 0.3 is 5.97 Å². The number of carbonyl (C=O) groups is 2. The van der Waals surface area contributed by atoms with E-state index in [9.17, 15) is 9.59 Å². The summed E-state index contributed by atoms with van der Waals surface area (Å²) < 4.78 is 10.8. The van der Waals surface area contributed by atoms with Crippen LogP contribution in [0.15, 0.2) is 58.7 Å². The molecule has 1 saturated heterocycles. The summed E-state index contributed by atoms with van der Waals surface area (Å²) >= 11 is 0. The van der Waals surface area contributed by atoms with Gasteiger partial charge in [0.1, 0.15) is 12.0 Å². The molecule has 0 radical (unpaired) electrons. The van der Waals surface area contributed by atoms with Crippen molar-refractivity contribution in [3.8, 4) is 0 Å². The minimum atomic E-state index is -0.503. The topological polar surface area (TPSA) is 56.5 Å². The highest BCUT2D eigenvalue weighted by Gasteiger charge is 2.70. The maximum absolute atomic E-state index is 12.1. The zero-order valence-electron chi connectivity index (χ0n) is 15.7. The van der Waals surface area contributed by atoms with Gasteiger partial charge in [-0.2, -0.15) is 0 Å². The highest BCUT2D eigenvalue weighted by molar-refractivity contribution is 5.90. The SMILES string of the molecule is CC1(C)[C@@H](C=C2CCOC2=O)[C@]1(C=O)Cc1coc(Cc2ccccc2)c1. The van der Waals surface area contributed by atoms with Gasteiger partial charge in [-0.25, -0.2) is 4.79 Å². The molecule has 1 saturated carbocycles. The summed E-state index contributed by atoms with van der Waals surface area (Å²) in [5, 5.41) is 0. The molecule has 0 N–H and O–H groups in total. The Morgan fingerprint density at radius 3 is 2.63 bits per heavy atom. The first-order valence-corrected chi connectivity index (χ1v) is 9.40. The Morgan fingerprint density at radius 1 is 1.19 bits per heavy atom. The van der Waals surface area contributed by atoms with Gasteiger partial charge in [-0.3, -0.25) is 0 Å². The maximum atomic E-state index is 12.1. The summed E-state index contributed by atoms with van der Waals surface area (Å²) in [6.07, 6.45) is 6.77. The third-order valence-corrected chi connectivity index (χ3v) is 6.32. The second kappa shape index (κ2) is 6.52. The lowest BCUT2D eigenvalue weighted by Crippen LogP contribution is -2.14. The van der Waals surface area contributed by atoms with Gasteiger partial charge in [-0.15, -0.1) is 0 Å². The Hall–Kier alpha value is -2.62. The summed E-state index contributed by atoms with van der Waals surface area (Å²) in [5.74, 6) is 0.687. The molecule has 4 heteroatoms. The van der Waals surface area contributed by atoms with Gasteiger partial charge in [0.15, 0.2) is 0 Å². The summed E-state index contributed by atoms with van der Waals surface area (Å²) in [6, 6.07) is 12.2. The van der Waals surface area contributed by atoms with Crippen LogP contribution in [0.5, 0.6) is 0 Å². The third-order valence-electron chi connectivity index (χ3n) is 6.32. The van der Waals surface area contributed by atoms with E-state index in [4.69, 9.17) is 9.15 Å². The molecule has 4 nitrogen and oxygen atoms in total. The van der Waals surface area contributed by atoms with Gasteiger partial charge in [-0.05, 0) is 34.9 Å². The second-order valence-corrected chi connectivity index (χ2v) is 8.20. The fourth-order valence-corrected chi connectivity index (χ4v) is 4.44. The quantitative estimate of drug-likeness (QED) is 0.439. The monoisotopic (exact) mass is 364 g/mol. The van der Waals surface area contributed by atoms with Gasteiger partial charge in [0, 0.05) is 23.8 Å². The molecule has 1 aliphatic carbocycles. The van der Waals surface area contributed by atoms with E-state index in [1.165, 1.54) is 5.56 Å². The Bertz CT molecular complexity index is 890. The van der Waals surface area contributed by atoms with Crippen LogP contribution in [0.25, 0.3) is 0 Å². The normalized spacial score (nSPS) is 27.6. The lowest BCUT2D eigenvalue weighted by atomic mass is 9.90. The van der Waals surface area contributed by atoms with Crippen molar-refractivity contribution in [2.75, 3.05) is 6.61 Å². The van der Waals surface area contributed by atoms with Gasteiger partial charge in [0.2, 0.25) is 0 Å². The van der Waals surface area contributed by atoms with E-state index in [2.05, 4.69) is 26.0 Å². The van der Waals surface area contributed by atoms with Crippen molar-refractivity contribution in [1.29, 1.82) is 0 Å². The van der Waals surface area contributed by atoms with Crippen LogP contribution in [0.3, 0.4) is 0 Å². The molecule has 27 heavy (non-hydrogen) atoms. The fourth-order valence-electron chi connectivity index (χ4n) is 4.44. The van der Waals surface area contributed by atoms with E-state index in [1.54, 1.807) is 6.26 Å². The first-order chi connectivity index (χ1) is 13.0. The number of esters is 1. The molecule has 1 aliphatic heterocycles. The van der Waals surface area contributed by atoms with Crippen molar-refractivity contribution in [3.05, 3.63) is 71.2 Å². The van der Waals surface area contributed by atoms with E-state index in [-0.39, 0.29) is 17.3 Å². The van der Waals surface area contributed by atoms with Crippen LogP contribution in [0.1, 0.15) is 37.2 Å². The predicted molar refractivity (Wildman–Crippen MR) is 101 cm³/mol. The zero-order chi connectivity index (χ0) is 19.1. The summed E-state index contributed by atoms with van der Waals surface area (Å²) in [7, 11) is 0. The molecule has 0 amide bonds. The zero-order valence-corrected chi connectivity index (χ0v) is 15.7. The van der Waals surface area contributed by atoms with Crippen molar-refractivity contribution in [1.82, 2.24) is 0 Å². The molecule has 2 aromatic rings. The van der Waals surface area contributed by atoms with Crippen LogP contribution in [0.4, 0.5) is 0 Å². The summed E-state index contributed by atoms with van der Waals surface area (Å²) in [6.45, 7) is 4.62. The largest absolute Gasteiger partial charge is 0.469 e. The molecule has 140 valence electrons. The van der Waals surface area contributed by atoms with E-state index in [0.29, 0.717) is 25.0 Å². The van der Waals surface area contributed by atoms with E-state index in [0.717, 1.165) is 24.0 Å². The Kier molecular flexibility index (Phi) is 4.29. The minimum Gasteiger partial charge on any atom is -0.469 e. The number of hydrogen-bond donors (Lipinski definition) is 0. The molecule has 1 aromatic heterocycles. The molecule has 2 aliphatic rings. The Labute approximate surface area is 159 Å². The Morgan fingerprint density at radius 2 is 1.96 bits per heavy atom. The van der Waals surface area contributed by atoms with Crippen molar-refractivity contribution < 1.29 is 18.7 Å². The number of benzene rings is 1. The number of hydrogen-bond acceptors (Lipinski definition) is 4. The van der Waals surface area contributed by atoms with E-state index in [1.807, 2.05) is 30.3 Å². The van der Waals surface area contributed by atoms with Crippen LogP contribution < -0.4 is 0 Å². The number of furan rings is 1. The number of aldehydes is 1. The highest BCUT2D eigenvalue weighted by Crippen LogP contribution is 2.70. The van der Waals surface area contributed by atoms with Crippen molar-refractivity contribution in [3.63, 3.8) is 0 Å². The molecule has 2 fully saturated rings. The first-order valence-electron chi connectivity index (χ1n) is 9.40. The lowest BCUT2D eigenvalue weighted by Gasteiger charge is -2.11. The predicted octanol–water partition coefficient (Wildman–Crippen LogP) is 4.13. The number of cyclic esters (lactones) is 1. The molecule has 1 aromatic carbocycles. The van der Waals surface area contributed by atoms with Crippen molar-refractivity contribution >= 4 is 12.3 Å². The number of rotatable bonds is 6. The lowest BCUT2D eigenvalue weighted by molar-refractivity contribution is -0.135. The van der Waals surface area contributed by atoms with Crippen LogP contribution in [0, 0.1) is 16.7 Å². The van der Waals surface area contributed by atoms with Gasteiger partial charge in [0.05, 0.1) is 12.9 Å². The molecular formula is C23H24O4. The molecule has 4 rings (SSSR count). The van der Waals surface area contributed by atoms with Crippen molar-refractivity contribution in [2.24, 2.45) is 16.7 Å². The van der Waals surface area contributed by atoms with Gasteiger partial charge in [-0.1, -0.05) is 50.3 Å². The van der Waals surface area contributed by atoms with E-state index < -0.39 is 5.41 Å². The number of ether oxygens (including phenoxy) is 1. The smallest absolute Gasteiger partial charge is 0.333 e. The number of allylic oxidation sites excluding steroid dienone is 1. The van der Waals surface area contributed by atoms with Crippen LogP contribution >= 0.6 is 0 Å². The van der Waals surface area contributed by atoms with Gasteiger partial charge < -0.3 is 13.9 Å². The first kappa shape index (κ1) is 17.8. The van der Waals surface area contributed by atoms with Gasteiger partial charge in [0.25, 0.3) is 0 Å². The highest BCUT2D eigenvalue weighted by atomic mass is 16.5. The Balaban J connectivity index is 1.52. The average molecular weight is 364 g/mol. The molecular weight excluding hydrogens is 340 g/mol. The van der Waals surface area contributed by atoms with E-state index >= 15 is 0 Å². The average Bonchev–Trinajstić information content (AvgIpc) is 3.06. The van der Waals surface area contributed by atoms with Crippen molar-refractivity contribution in [2.45, 2.75) is 33.1 Å². The minimum absolute atomic E-state index is 0.0376. The second-order valence-electron chi connectivity index (χ2n) is 8.20. The van der Waals surface area contributed by atoms with Crippen LogP contribution in [-0.2, 0) is 27.2 Å². The third kappa shape index (κ3) is 3.03. The molecule has 0 unspecified atom stereocenters. The fraction of sp³-hybridized carbons (Fsp3) is 0.391. The molecule has 0 spiro atoms. The molecule has 2 atom stereocenters. The molecule has 2 heterocycles. The molecule has 0 bridgehead atoms. The van der Waals surface area contributed by atoms with Crippen LogP contribution in [0.2, 0.25) is 0 Å². The maximum Gasteiger partial charge on any atom is 0.333 e. The standard InChI is InChI=1S/C23H24O4/c1-22(2)20(12-18-8-9-26-21(18)25)23(22,15-24)13-17-11-19(27-14-17)10-16-6-4-3-5-7-16/h3-7,11-12,14-15,20H,8-10,13H2,1-2H3/t20-,23-/m1/s1. The summed E-state index contributed by atoms with van der Waals surface area (Å²) in [4.78, 5) is 23.9. The summed E-state index contributed by atoms with van der Waals surface area (Å²) in [5.41, 5.74) is 2.22. The number of carbonyl (C=O) groups excluding carboxylic acids is 2.